The lowest BCUT2D eigenvalue weighted by Crippen LogP contribution is -2.19. The van der Waals surface area contributed by atoms with Crippen LogP contribution in [0.5, 0.6) is 5.75 Å². The zero-order valence-electron chi connectivity index (χ0n) is 17.9. The molecule has 0 unspecified atom stereocenters. The summed E-state index contributed by atoms with van der Waals surface area (Å²) < 4.78 is 7.71. The van der Waals surface area contributed by atoms with Crippen molar-refractivity contribution in [3.8, 4) is 11.4 Å². The first-order chi connectivity index (χ1) is 14.5. The SMILES string of the molecule is COc1ccc(C)c(-n2c3nc(C)c(N4CCCC4)cc3c3c(N)ncnc32)c1C. The summed E-state index contributed by atoms with van der Waals surface area (Å²) in [6, 6.07) is 6.27. The number of hydrogen-bond acceptors (Lipinski definition) is 6. The Kier molecular flexibility index (Phi) is 4.27. The van der Waals surface area contributed by atoms with Gasteiger partial charge in [0.1, 0.15) is 23.5 Å². The third kappa shape index (κ3) is 2.61. The largest absolute Gasteiger partial charge is 0.496 e. The van der Waals surface area contributed by atoms with Gasteiger partial charge in [-0.1, -0.05) is 6.07 Å². The number of methoxy groups -OCH3 is 1. The first kappa shape index (κ1) is 18.7. The van der Waals surface area contributed by atoms with Gasteiger partial charge in [0.25, 0.3) is 0 Å². The van der Waals surface area contributed by atoms with E-state index in [0.717, 1.165) is 63.4 Å². The predicted octanol–water partition coefficient (Wildman–Crippen LogP) is 4.08. The summed E-state index contributed by atoms with van der Waals surface area (Å²) in [6.07, 6.45) is 3.95. The molecule has 0 atom stereocenters. The van der Waals surface area contributed by atoms with Gasteiger partial charge in [-0.2, -0.15) is 0 Å². The van der Waals surface area contributed by atoms with Crippen LogP contribution in [0.25, 0.3) is 27.8 Å². The van der Waals surface area contributed by atoms with Gasteiger partial charge in [-0.3, -0.25) is 4.57 Å². The lowest BCUT2D eigenvalue weighted by atomic mass is 10.1. The van der Waals surface area contributed by atoms with Gasteiger partial charge in [0, 0.05) is 24.0 Å². The maximum Gasteiger partial charge on any atom is 0.152 e. The molecule has 5 rings (SSSR count). The number of fused-ring (bicyclic) bond motifs is 3. The second-order valence-electron chi connectivity index (χ2n) is 8.01. The molecule has 4 heterocycles. The van der Waals surface area contributed by atoms with Crippen molar-refractivity contribution in [3.05, 3.63) is 41.3 Å². The van der Waals surface area contributed by atoms with Crippen molar-refractivity contribution < 1.29 is 4.74 Å². The van der Waals surface area contributed by atoms with E-state index in [9.17, 15) is 0 Å². The van der Waals surface area contributed by atoms with Crippen LogP contribution >= 0.6 is 0 Å². The van der Waals surface area contributed by atoms with Crippen molar-refractivity contribution >= 4 is 33.6 Å². The molecule has 154 valence electrons. The van der Waals surface area contributed by atoms with Crippen LogP contribution in [-0.4, -0.2) is 39.7 Å². The Bertz CT molecular complexity index is 1290. The highest BCUT2D eigenvalue weighted by molar-refractivity contribution is 6.12. The third-order valence-corrected chi connectivity index (χ3v) is 6.19. The first-order valence-electron chi connectivity index (χ1n) is 10.3. The van der Waals surface area contributed by atoms with Crippen molar-refractivity contribution in [1.82, 2.24) is 19.5 Å². The van der Waals surface area contributed by atoms with Gasteiger partial charge in [-0.05, 0) is 51.3 Å². The van der Waals surface area contributed by atoms with Crippen molar-refractivity contribution in [2.75, 3.05) is 30.8 Å². The van der Waals surface area contributed by atoms with Crippen molar-refractivity contribution in [2.45, 2.75) is 33.6 Å². The lowest BCUT2D eigenvalue weighted by molar-refractivity contribution is 0.411. The molecule has 2 N–H and O–H groups in total. The van der Waals surface area contributed by atoms with Gasteiger partial charge in [0.2, 0.25) is 0 Å². The molecule has 4 aromatic rings. The number of hydrogen-bond donors (Lipinski definition) is 1. The molecular formula is C23H26N6O. The summed E-state index contributed by atoms with van der Waals surface area (Å²) in [5.74, 6) is 1.30. The van der Waals surface area contributed by atoms with Gasteiger partial charge in [-0.25, -0.2) is 15.0 Å². The lowest BCUT2D eigenvalue weighted by Gasteiger charge is -2.20. The number of aromatic nitrogens is 4. The van der Waals surface area contributed by atoms with Crippen molar-refractivity contribution in [2.24, 2.45) is 0 Å². The molecule has 0 amide bonds. The average Bonchev–Trinajstić information content (AvgIpc) is 3.35. The summed E-state index contributed by atoms with van der Waals surface area (Å²) in [6.45, 7) is 8.36. The molecular weight excluding hydrogens is 376 g/mol. The van der Waals surface area contributed by atoms with Gasteiger partial charge in [0.15, 0.2) is 5.65 Å². The van der Waals surface area contributed by atoms with E-state index >= 15 is 0 Å². The molecule has 0 saturated carbocycles. The molecule has 0 radical (unpaired) electrons. The average molecular weight is 403 g/mol. The topological polar surface area (TPSA) is 82.1 Å². The van der Waals surface area contributed by atoms with Crippen LogP contribution in [0.2, 0.25) is 0 Å². The maximum absolute atomic E-state index is 6.36. The number of aryl methyl sites for hydroxylation is 2. The Hall–Kier alpha value is -3.35. The number of ether oxygens (including phenoxy) is 1. The number of rotatable bonds is 3. The smallest absolute Gasteiger partial charge is 0.152 e. The highest BCUT2D eigenvalue weighted by atomic mass is 16.5. The van der Waals surface area contributed by atoms with E-state index in [0.29, 0.717) is 5.82 Å². The molecule has 0 bridgehead atoms. The minimum atomic E-state index is 0.472. The van der Waals surface area contributed by atoms with E-state index in [4.69, 9.17) is 15.5 Å². The number of nitrogens with two attached hydrogens (primary N) is 1. The van der Waals surface area contributed by atoms with Gasteiger partial charge in [-0.15, -0.1) is 0 Å². The van der Waals surface area contributed by atoms with Crippen LogP contribution in [0.4, 0.5) is 11.5 Å². The molecule has 7 nitrogen and oxygen atoms in total. The number of benzene rings is 1. The molecule has 1 aliphatic rings. The fourth-order valence-electron chi connectivity index (χ4n) is 4.73. The van der Waals surface area contributed by atoms with Gasteiger partial charge < -0.3 is 15.4 Å². The summed E-state index contributed by atoms with van der Waals surface area (Å²) >= 11 is 0. The second-order valence-corrected chi connectivity index (χ2v) is 8.01. The van der Waals surface area contributed by atoms with Crippen LogP contribution in [0.3, 0.4) is 0 Å². The number of pyridine rings is 1. The minimum absolute atomic E-state index is 0.472. The van der Waals surface area contributed by atoms with Crippen LogP contribution in [0.15, 0.2) is 24.5 Å². The standard InChI is InChI=1S/C23H26N6O/c1-13-7-8-18(30-4)14(2)20(13)29-22-16(19-21(24)25-12-26-23(19)29)11-17(15(3)27-22)28-9-5-6-10-28/h7-8,11-12H,5-6,9-10H2,1-4H3,(H2,24,25,26). The van der Waals surface area contributed by atoms with Gasteiger partial charge >= 0.3 is 0 Å². The van der Waals surface area contributed by atoms with E-state index in [1.807, 2.05) is 6.07 Å². The minimum Gasteiger partial charge on any atom is -0.496 e. The Morgan fingerprint density at radius 1 is 1.03 bits per heavy atom. The number of anilines is 2. The Labute approximate surface area is 175 Å². The van der Waals surface area contributed by atoms with Crippen LogP contribution in [0, 0.1) is 20.8 Å². The zero-order chi connectivity index (χ0) is 21.0. The number of nitrogen functional groups attached to an aromatic ring is 1. The van der Waals surface area contributed by atoms with Gasteiger partial charge in [0.05, 0.1) is 29.6 Å². The van der Waals surface area contributed by atoms with Crippen molar-refractivity contribution in [1.29, 1.82) is 0 Å². The summed E-state index contributed by atoms with van der Waals surface area (Å²) in [5, 5.41) is 1.83. The molecule has 0 spiro atoms. The predicted molar refractivity (Wildman–Crippen MR) is 121 cm³/mol. The van der Waals surface area contributed by atoms with E-state index in [1.54, 1.807) is 7.11 Å². The quantitative estimate of drug-likeness (QED) is 0.556. The van der Waals surface area contributed by atoms with E-state index in [1.165, 1.54) is 24.9 Å². The van der Waals surface area contributed by atoms with E-state index in [-0.39, 0.29) is 0 Å². The number of nitrogens with zero attached hydrogens (tertiary/aromatic N) is 5. The fourth-order valence-corrected chi connectivity index (χ4v) is 4.73. The summed E-state index contributed by atoms with van der Waals surface area (Å²) in [4.78, 5) is 16.4. The summed E-state index contributed by atoms with van der Waals surface area (Å²) in [5.41, 5.74) is 13.3. The molecule has 30 heavy (non-hydrogen) atoms. The van der Waals surface area contributed by atoms with Crippen LogP contribution in [-0.2, 0) is 0 Å². The molecule has 7 heteroatoms. The Balaban J connectivity index is 1.92. The molecule has 1 aromatic carbocycles. The highest BCUT2D eigenvalue weighted by Crippen LogP contribution is 2.39. The molecule has 1 fully saturated rings. The van der Waals surface area contributed by atoms with Crippen molar-refractivity contribution in [3.63, 3.8) is 0 Å². The first-order valence-corrected chi connectivity index (χ1v) is 10.3. The monoisotopic (exact) mass is 402 g/mol. The molecule has 3 aromatic heterocycles. The maximum atomic E-state index is 6.36. The summed E-state index contributed by atoms with van der Waals surface area (Å²) in [7, 11) is 1.69. The highest BCUT2D eigenvalue weighted by Gasteiger charge is 2.24. The third-order valence-electron chi connectivity index (χ3n) is 6.19. The second kappa shape index (κ2) is 6.86. The Morgan fingerprint density at radius 3 is 2.53 bits per heavy atom. The van der Waals surface area contributed by atoms with Crippen LogP contribution in [0.1, 0.15) is 29.7 Å². The molecule has 1 saturated heterocycles. The van der Waals surface area contributed by atoms with E-state index < -0.39 is 0 Å². The molecule has 0 aliphatic carbocycles. The normalized spacial score (nSPS) is 14.2. The fraction of sp³-hybridized carbons (Fsp3) is 0.348. The zero-order valence-corrected chi connectivity index (χ0v) is 17.9. The Morgan fingerprint density at radius 2 is 1.80 bits per heavy atom. The molecule has 1 aliphatic heterocycles. The van der Waals surface area contributed by atoms with E-state index in [2.05, 4.69) is 52.3 Å². The van der Waals surface area contributed by atoms with Crippen LogP contribution < -0.4 is 15.4 Å².